The van der Waals surface area contributed by atoms with Gasteiger partial charge < -0.3 is 5.11 Å². The highest BCUT2D eigenvalue weighted by molar-refractivity contribution is 9.10. The van der Waals surface area contributed by atoms with Gasteiger partial charge in [0, 0.05) is 16.6 Å². The molecule has 108 valence electrons. The van der Waals surface area contributed by atoms with Crippen molar-refractivity contribution in [1.29, 1.82) is 0 Å². The Kier molecular flexibility index (Phi) is 5.16. The summed E-state index contributed by atoms with van der Waals surface area (Å²) in [6.45, 7) is 5.18. The van der Waals surface area contributed by atoms with Gasteiger partial charge in [-0.15, -0.1) is 11.3 Å². The largest absolute Gasteiger partial charge is 0.481 e. The maximum absolute atomic E-state index is 12.6. The van der Waals surface area contributed by atoms with Crippen molar-refractivity contribution in [3.05, 3.63) is 15.9 Å². The number of rotatable bonds is 5. The van der Waals surface area contributed by atoms with E-state index in [9.17, 15) is 13.2 Å². The van der Waals surface area contributed by atoms with Gasteiger partial charge in [0.05, 0.1) is 6.42 Å². The average Bonchev–Trinajstić information content (AvgIpc) is 2.62. The fraction of sp³-hybridized carbons (Fsp3) is 0.545. The summed E-state index contributed by atoms with van der Waals surface area (Å²) in [5.41, 5.74) is -0.683. The van der Waals surface area contributed by atoms with E-state index in [1.165, 1.54) is 4.31 Å². The Balaban J connectivity index is 3.18. The van der Waals surface area contributed by atoms with Crippen molar-refractivity contribution in [2.24, 2.45) is 0 Å². The van der Waals surface area contributed by atoms with E-state index in [2.05, 4.69) is 15.9 Å². The smallest absolute Gasteiger partial charge is 0.304 e. The lowest BCUT2D eigenvalue weighted by Gasteiger charge is -2.33. The van der Waals surface area contributed by atoms with Gasteiger partial charge in [-0.1, -0.05) is 0 Å². The highest BCUT2D eigenvalue weighted by Gasteiger charge is 2.35. The lowest BCUT2D eigenvalue weighted by Crippen LogP contribution is -2.46. The average molecular weight is 370 g/mol. The van der Waals surface area contributed by atoms with Crippen LogP contribution in [0.4, 0.5) is 0 Å². The SMILES string of the molecule is CC(C)(C)N(CCC(=O)O)S(=O)(=O)c1sccc1Br. The van der Waals surface area contributed by atoms with Crippen LogP contribution < -0.4 is 0 Å². The molecule has 1 aromatic heterocycles. The summed E-state index contributed by atoms with van der Waals surface area (Å²) in [6.07, 6.45) is -0.223. The van der Waals surface area contributed by atoms with E-state index in [1.54, 1.807) is 32.2 Å². The molecule has 1 N–H and O–H groups in total. The molecule has 0 spiro atoms. The third-order valence-corrected chi connectivity index (χ3v) is 7.20. The predicted molar refractivity (Wildman–Crippen MR) is 77.9 cm³/mol. The number of halogens is 1. The Hall–Kier alpha value is -0.440. The Labute approximate surface area is 125 Å². The second kappa shape index (κ2) is 5.90. The molecule has 19 heavy (non-hydrogen) atoms. The molecule has 0 saturated carbocycles. The summed E-state index contributed by atoms with van der Waals surface area (Å²) in [4.78, 5) is 10.7. The van der Waals surface area contributed by atoms with Gasteiger partial charge in [-0.2, -0.15) is 4.31 Å². The third-order valence-electron chi connectivity index (χ3n) is 2.39. The van der Waals surface area contributed by atoms with Crippen molar-refractivity contribution in [2.75, 3.05) is 6.54 Å². The summed E-state index contributed by atoms with van der Waals surface area (Å²) in [6, 6.07) is 1.66. The van der Waals surface area contributed by atoms with E-state index in [0.717, 1.165) is 11.3 Å². The first-order valence-corrected chi connectivity index (χ1v) is 8.65. The summed E-state index contributed by atoms with van der Waals surface area (Å²) in [5, 5.41) is 10.4. The maximum Gasteiger partial charge on any atom is 0.304 e. The fourth-order valence-electron chi connectivity index (χ4n) is 1.58. The van der Waals surface area contributed by atoms with Crippen LogP contribution in [0.25, 0.3) is 0 Å². The molecule has 0 fully saturated rings. The van der Waals surface area contributed by atoms with Gasteiger partial charge in [0.15, 0.2) is 0 Å². The molecule has 0 radical (unpaired) electrons. The van der Waals surface area contributed by atoms with E-state index < -0.39 is 21.5 Å². The lowest BCUT2D eigenvalue weighted by atomic mass is 10.1. The van der Waals surface area contributed by atoms with Crippen LogP contribution in [0, 0.1) is 0 Å². The molecule has 1 aromatic rings. The number of aliphatic carboxylic acids is 1. The van der Waals surface area contributed by atoms with Crippen LogP contribution in [-0.4, -0.2) is 35.9 Å². The van der Waals surface area contributed by atoms with Gasteiger partial charge in [-0.25, -0.2) is 8.42 Å². The molecule has 0 aliphatic carbocycles. The van der Waals surface area contributed by atoms with Gasteiger partial charge in [-0.05, 0) is 48.1 Å². The van der Waals surface area contributed by atoms with E-state index in [0.29, 0.717) is 4.47 Å². The standard InChI is InChI=1S/C11H16BrNO4S2/c1-11(2,3)13(6-4-9(14)15)19(16,17)10-8(12)5-7-18-10/h5,7H,4,6H2,1-3H3,(H,14,15). The van der Waals surface area contributed by atoms with Crippen molar-refractivity contribution in [2.45, 2.75) is 36.9 Å². The number of carboxylic acid groups (broad SMARTS) is 1. The van der Waals surface area contributed by atoms with Crippen LogP contribution >= 0.6 is 27.3 Å². The number of sulfonamides is 1. The molecule has 5 nitrogen and oxygen atoms in total. The topological polar surface area (TPSA) is 74.7 Å². The summed E-state index contributed by atoms with van der Waals surface area (Å²) < 4.78 is 27.1. The normalized spacial score (nSPS) is 12.9. The summed E-state index contributed by atoms with van der Waals surface area (Å²) in [7, 11) is -3.70. The van der Waals surface area contributed by atoms with Gasteiger partial charge >= 0.3 is 5.97 Å². The van der Waals surface area contributed by atoms with E-state index >= 15 is 0 Å². The number of hydrogen-bond donors (Lipinski definition) is 1. The van der Waals surface area contributed by atoms with Gasteiger partial charge in [0.25, 0.3) is 10.0 Å². The monoisotopic (exact) mass is 369 g/mol. The van der Waals surface area contributed by atoms with E-state index in [1.807, 2.05) is 0 Å². The zero-order valence-corrected chi connectivity index (χ0v) is 14.1. The molecule has 0 saturated heterocycles. The minimum atomic E-state index is -3.70. The van der Waals surface area contributed by atoms with Crippen LogP contribution in [0.15, 0.2) is 20.1 Å². The number of hydrogen-bond acceptors (Lipinski definition) is 4. The molecule has 0 bridgehead atoms. The Morgan fingerprint density at radius 1 is 1.47 bits per heavy atom. The van der Waals surface area contributed by atoms with Crippen LogP contribution in [-0.2, 0) is 14.8 Å². The molecule has 8 heteroatoms. The first-order valence-electron chi connectivity index (χ1n) is 5.54. The van der Waals surface area contributed by atoms with Crippen LogP contribution in [0.5, 0.6) is 0 Å². The second-order valence-electron chi connectivity index (χ2n) is 4.95. The molecule has 0 amide bonds. The zero-order chi connectivity index (χ0) is 14.8. The van der Waals surface area contributed by atoms with Crippen molar-refractivity contribution >= 4 is 43.3 Å². The molecule has 0 atom stereocenters. The van der Waals surface area contributed by atoms with Crippen LogP contribution in [0.1, 0.15) is 27.2 Å². The van der Waals surface area contributed by atoms with Crippen molar-refractivity contribution in [1.82, 2.24) is 4.31 Å². The molecule has 0 aliphatic rings. The van der Waals surface area contributed by atoms with Crippen molar-refractivity contribution in [3.8, 4) is 0 Å². The van der Waals surface area contributed by atoms with Crippen molar-refractivity contribution in [3.63, 3.8) is 0 Å². The number of thiophene rings is 1. The van der Waals surface area contributed by atoms with E-state index in [4.69, 9.17) is 5.11 Å². The van der Waals surface area contributed by atoms with E-state index in [-0.39, 0.29) is 17.2 Å². The molecule has 1 rings (SSSR count). The van der Waals surface area contributed by atoms with Gasteiger partial charge in [-0.3, -0.25) is 4.79 Å². The molecular formula is C11H16BrNO4S2. The quantitative estimate of drug-likeness (QED) is 0.865. The van der Waals surface area contributed by atoms with Crippen molar-refractivity contribution < 1.29 is 18.3 Å². The van der Waals surface area contributed by atoms with Gasteiger partial charge in [0.2, 0.25) is 0 Å². The summed E-state index contributed by atoms with van der Waals surface area (Å²) >= 11 is 4.32. The zero-order valence-electron chi connectivity index (χ0n) is 10.9. The fourth-order valence-corrected chi connectivity index (χ4v) is 5.78. The first kappa shape index (κ1) is 16.6. The molecule has 0 aromatic carbocycles. The number of carboxylic acids is 1. The summed E-state index contributed by atoms with van der Waals surface area (Å²) in [5.74, 6) is -1.02. The molecule has 0 aliphatic heterocycles. The molecule has 1 heterocycles. The third kappa shape index (κ3) is 4.01. The van der Waals surface area contributed by atoms with Crippen LogP contribution in [0.2, 0.25) is 0 Å². The molecule has 0 unspecified atom stereocenters. The van der Waals surface area contributed by atoms with Gasteiger partial charge in [0.1, 0.15) is 4.21 Å². The Morgan fingerprint density at radius 2 is 2.05 bits per heavy atom. The second-order valence-corrected chi connectivity index (χ2v) is 8.78. The van der Waals surface area contributed by atoms with Crippen LogP contribution in [0.3, 0.4) is 0 Å². The Morgan fingerprint density at radius 3 is 2.42 bits per heavy atom. The highest BCUT2D eigenvalue weighted by atomic mass is 79.9. The number of carbonyl (C=O) groups is 1. The first-order chi connectivity index (χ1) is 8.56. The Bertz CT molecular complexity index is 559. The minimum absolute atomic E-state index is 0.0501. The number of nitrogens with zero attached hydrogens (tertiary/aromatic N) is 1. The maximum atomic E-state index is 12.6. The predicted octanol–water partition coefficient (Wildman–Crippen LogP) is 2.77. The molecular weight excluding hydrogens is 354 g/mol. The lowest BCUT2D eigenvalue weighted by molar-refractivity contribution is -0.137. The highest BCUT2D eigenvalue weighted by Crippen LogP contribution is 2.33. The minimum Gasteiger partial charge on any atom is -0.481 e.